The zero-order valence-corrected chi connectivity index (χ0v) is 12.5. The zero-order valence-electron chi connectivity index (χ0n) is 10.9. The van der Waals surface area contributed by atoms with Gasteiger partial charge in [-0.2, -0.15) is 0 Å². The minimum absolute atomic E-state index is 0. The van der Waals surface area contributed by atoms with E-state index >= 15 is 0 Å². The molecular formula is C13H14Cl2FNO4. The van der Waals surface area contributed by atoms with Crippen molar-refractivity contribution in [2.75, 3.05) is 19.7 Å². The van der Waals surface area contributed by atoms with Crippen LogP contribution in [0.25, 0.3) is 0 Å². The van der Waals surface area contributed by atoms with Gasteiger partial charge in [0.1, 0.15) is 11.6 Å². The molecule has 0 spiro atoms. The molecule has 0 radical (unpaired) electrons. The molecule has 8 heteroatoms. The highest BCUT2D eigenvalue weighted by atomic mass is 35.5. The van der Waals surface area contributed by atoms with Gasteiger partial charge in [-0.05, 0) is 24.6 Å². The topological polar surface area (TPSA) is 66.8 Å². The molecule has 21 heavy (non-hydrogen) atoms. The average molecular weight is 338 g/mol. The largest absolute Gasteiger partial charge is 0.482 e. The van der Waals surface area contributed by atoms with E-state index in [4.69, 9.17) is 21.4 Å². The molecule has 0 aliphatic carbocycles. The van der Waals surface area contributed by atoms with Crippen molar-refractivity contribution >= 4 is 35.9 Å². The Hall–Kier alpha value is -1.53. The number of carboxylic acids is 1. The van der Waals surface area contributed by atoms with E-state index in [-0.39, 0.29) is 42.2 Å². The molecule has 1 atom stereocenters. The highest BCUT2D eigenvalue weighted by molar-refractivity contribution is 6.32. The third kappa shape index (κ3) is 4.47. The number of halogens is 3. The molecule has 1 aliphatic heterocycles. The van der Waals surface area contributed by atoms with E-state index in [1.54, 1.807) is 0 Å². The van der Waals surface area contributed by atoms with Crippen molar-refractivity contribution in [1.82, 2.24) is 4.90 Å². The quantitative estimate of drug-likeness (QED) is 0.914. The molecule has 5 nitrogen and oxygen atoms in total. The maximum Gasteiger partial charge on any atom is 0.308 e. The van der Waals surface area contributed by atoms with Gasteiger partial charge in [0.2, 0.25) is 0 Å². The Balaban J connectivity index is 0.00000220. The smallest absolute Gasteiger partial charge is 0.308 e. The van der Waals surface area contributed by atoms with Crippen LogP contribution in [-0.4, -0.2) is 41.6 Å². The molecule has 1 amide bonds. The first-order chi connectivity index (χ1) is 9.47. The number of likely N-dealkylation sites (tertiary alicyclic amines) is 1. The highest BCUT2D eigenvalue weighted by Gasteiger charge is 2.30. The first-order valence-electron chi connectivity index (χ1n) is 6.06. The number of hydrogen-bond donors (Lipinski definition) is 1. The van der Waals surface area contributed by atoms with Gasteiger partial charge in [-0.1, -0.05) is 11.6 Å². The average Bonchev–Trinajstić information content (AvgIpc) is 2.87. The lowest BCUT2D eigenvalue weighted by Gasteiger charge is -2.16. The number of ether oxygens (including phenoxy) is 1. The normalized spacial score (nSPS) is 17.2. The van der Waals surface area contributed by atoms with E-state index in [1.165, 1.54) is 17.0 Å². The molecule has 1 unspecified atom stereocenters. The maximum absolute atomic E-state index is 12.8. The fourth-order valence-corrected chi connectivity index (χ4v) is 2.23. The predicted octanol–water partition coefficient (Wildman–Crippen LogP) is 2.21. The van der Waals surface area contributed by atoms with Crippen molar-refractivity contribution in [3.63, 3.8) is 0 Å². The van der Waals surface area contributed by atoms with Crippen LogP contribution in [0, 0.1) is 11.7 Å². The molecule has 1 N–H and O–H groups in total. The lowest BCUT2D eigenvalue weighted by Crippen LogP contribution is -2.33. The van der Waals surface area contributed by atoms with Crippen LogP contribution in [0.15, 0.2) is 18.2 Å². The fourth-order valence-electron chi connectivity index (χ4n) is 2.01. The summed E-state index contributed by atoms with van der Waals surface area (Å²) in [6, 6.07) is 3.62. The Kier molecular flexibility index (Phi) is 6.23. The zero-order chi connectivity index (χ0) is 14.7. The SMILES string of the molecule is Cl.O=C(O)C1CCN(C(=O)COc2ccc(F)cc2Cl)C1. The molecule has 1 fully saturated rings. The van der Waals surface area contributed by atoms with Crippen LogP contribution in [0.5, 0.6) is 5.75 Å². The van der Waals surface area contributed by atoms with E-state index in [0.717, 1.165) is 6.07 Å². The minimum atomic E-state index is -0.900. The molecule has 0 aromatic heterocycles. The lowest BCUT2D eigenvalue weighted by molar-refractivity contribution is -0.141. The monoisotopic (exact) mass is 337 g/mol. The molecule has 1 aliphatic rings. The summed E-state index contributed by atoms with van der Waals surface area (Å²) in [5, 5.41) is 8.95. The van der Waals surface area contributed by atoms with Gasteiger partial charge in [-0.15, -0.1) is 12.4 Å². The number of carbonyl (C=O) groups is 2. The summed E-state index contributed by atoms with van der Waals surface area (Å²) in [5.74, 6) is -2.00. The number of hydrogen-bond acceptors (Lipinski definition) is 3. The second-order valence-corrected chi connectivity index (χ2v) is 4.93. The molecule has 116 valence electrons. The van der Waals surface area contributed by atoms with Crippen molar-refractivity contribution < 1.29 is 23.8 Å². The maximum atomic E-state index is 12.8. The van der Waals surface area contributed by atoms with Crippen molar-refractivity contribution in [3.8, 4) is 5.75 Å². The van der Waals surface area contributed by atoms with Crippen molar-refractivity contribution in [1.29, 1.82) is 0 Å². The molecule has 1 aromatic rings. The number of nitrogens with zero attached hydrogens (tertiary/aromatic N) is 1. The summed E-state index contributed by atoms with van der Waals surface area (Å²) in [6.07, 6.45) is 0.443. The number of benzene rings is 1. The van der Waals surface area contributed by atoms with Gasteiger partial charge in [-0.3, -0.25) is 9.59 Å². The summed E-state index contributed by atoms with van der Waals surface area (Å²) in [7, 11) is 0. The van der Waals surface area contributed by atoms with E-state index in [9.17, 15) is 14.0 Å². The lowest BCUT2D eigenvalue weighted by atomic mass is 10.1. The molecule has 1 aromatic carbocycles. The Bertz CT molecular complexity index is 541. The first-order valence-corrected chi connectivity index (χ1v) is 6.43. The third-order valence-electron chi connectivity index (χ3n) is 3.14. The summed E-state index contributed by atoms with van der Waals surface area (Å²) in [4.78, 5) is 24.1. The van der Waals surface area contributed by atoms with E-state index in [1.807, 2.05) is 0 Å². The van der Waals surface area contributed by atoms with Gasteiger partial charge in [0.25, 0.3) is 5.91 Å². The van der Waals surface area contributed by atoms with Crippen LogP contribution >= 0.6 is 24.0 Å². The Labute approximate surface area is 132 Å². The number of rotatable bonds is 4. The minimum Gasteiger partial charge on any atom is -0.482 e. The fraction of sp³-hybridized carbons (Fsp3) is 0.385. The summed E-state index contributed by atoms with van der Waals surface area (Å²) in [6.45, 7) is 0.336. The second-order valence-electron chi connectivity index (χ2n) is 4.53. The predicted molar refractivity (Wildman–Crippen MR) is 76.5 cm³/mol. The Morgan fingerprint density at radius 2 is 2.19 bits per heavy atom. The summed E-state index contributed by atoms with van der Waals surface area (Å²) >= 11 is 5.77. The molecule has 0 bridgehead atoms. The van der Waals surface area contributed by atoms with Gasteiger partial charge in [-0.25, -0.2) is 4.39 Å². The second kappa shape index (κ2) is 7.47. The third-order valence-corrected chi connectivity index (χ3v) is 3.43. The first kappa shape index (κ1) is 17.5. The molecule has 1 heterocycles. The van der Waals surface area contributed by atoms with Crippen LogP contribution in [0.2, 0.25) is 5.02 Å². The van der Waals surface area contributed by atoms with Crippen LogP contribution < -0.4 is 4.74 Å². The van der Waals surface area contributed by atoms with Crippen molar-refractivity contribution in [2.24, 2.45) is 5.92 Å². The van der Waals surface area contributed by atoms with E-state index < -0.39 is 17.7 Å². The summed E-state index contributed by atoms with van der Waals surface area (Å²) in [5.41, 5.74) is 0. The Morgan fingerprint density at radius 1 is 1.48 bits per heavy atom. The highest BCUT2D eigenvalue weighted by Crippen LogP contribution is 2.25. The van der Waals surface area contributed by atoms with E-state index in [2.05, 4.69) is 0 Å². The van der Waals surface area contributed by atoms with Crippen molar-refractivity contribution in [3.05, 3.63) is 29.0 Å². The van der Waals surface area contributed by atoms with Crippen LogP contribution in [0.3, 0.4) is 0 Å². The molecule has 2 rings (SSSR count). The number of carbonyl (C=O) groups excluding carboxylic acids is 1. The van der Waals surface area contributed by atoms with Crippen LogP contribution in [0.1, 0.15) is 6.42 Å². The van der Waals surface area contributed by atoms with Gasteiger partial charge in [0.05, 0.1) is 10.9 Å². The molecule has 0 saturated carbocycles. The number of amides is 1. The summed E-state index contributed by atoms with van der Waals surface area (Å²) < 4.78 is 18.1. The molecular weight excluding hydrogens is 324 g/mol. The number of aliphatic carboxylic acids is 1. The van der Waals surface area contributed by atoms with Crippen LogP contribution in [0.4, 0.5) is 4.39 Å². The Morgan fingerprint density at radius 3 is 2.76 bits per heavy atom. The van der Waals surface area contributed by atoms with Crippen LogP contribution in [-0.2, 0) is 9.59 Å². The van der Waals surface area contributed by atoms with Gasteiger partial charge < -0.3 is 14.7 Å². The van der Waals surface area contributed by atoms with Gasteiger partial charge in [0, 0.05) is 13.1 Å². The van der Waals surface area contributed by atoms with Gasteiger partial charge in [0.15, 0.2) is 6.61 Å². The standard InChI is InChI=1S/C13H13ClFNO4.ClH/c14-10-5-9(15)1-2-11(10)20-7-12(17)16-4-3-8(6-16)13(18)19;/h1-2,5,8H,3-4,6-7H2,(H,18,19);1H. The van der Waals surface area contributed by atoms with Crippen molar-refractivity contribution in [2.45, 2.75) is 6.42 Å². The molecule has 1 saturated heterocycles. The van der Waals surface area contributed by atoms with E-state index in [0.29, 0.717) is 13.0 Å². The number of carboxylic acid groups (broad SMARTS) is 1. The van der Waals surface area contributed by atoms with Gasteiger partial charge >= 0.3 is 5.97 Å².